The van der Waals surface area contributed by atoms with Crippen LogP contribution in [0.15, 0.2) is 67.0 Å². The number of H-pyrrole nitrogens is 1. The first-order valence-corrected chi connectivity index (χ1v) is 13.0. The summed E-state index contributed by atoms with van der Waals surface area (Å²) in [6.07, 6.45) is 3.71. The number of nitrogens with zero attached hydrogens (tertiary/aromatic N) is 3. The van der Waals surface area contributed by atoms with Gasteiger partial charge in [-0.1, -0.05) is 36.4 Å². The van der Waals surface area contributed by atoms with Gasteiger partial charge in [0.25, 0.3) is 0 Å². The lowest BCUT2D eigenvalue weighted by molar-refractivity contribution is -0.137. The molecule has 198 valence electrons. The fraction of sp³-hybridized carbons (Fsp3) is 0.333. The summed E-state index contributed by atoms with van der Waals surface area (Å²) in [7, 11) is 0. The summed E-state index contributed by atoms with van der Waals surface area (Å²) in [5, 5.41) is 0.816. The highest BCUT2D eigenvalue weighted by Crippen LogP contribution is 2.32. The summed E-state index contributed by atoms with van der Waals surface area (Å²) in [5.74, 6) is 0.0313. The normalized spacial score (nSPS) is 19.0. The summed E-state index contributed by atoms with van der Waals surface area (Å²) in [5.41, 5.74) is 9.90. The summed E-state index contributed by atoms with van der Waals surface area (Å²) < 4.78 is 20.9. The van der Waals surface area contributed by atoms with Crippen molar-refractivity contribution in [2.45, 2.75) is 51.9 Å². The van der Waals surface area contributed by atoms with Crippen LogP contribution in [0.5, 0.6) is 11.5 Å². The number of amides is 1. The third-order valence-corrected chi connectivity index (χ3v) is 7.34. The van der Waals surface area contributed by atoms with E-state index in [1.165, 1.54) is 11.6 Å². The molecule has 3 heterocycles. The number of halogens is 1. The number of fused-ring (bicyclic) bond motifs is 1. The van der Waals surface area contributed by atoms with Crippen molar-refractivity contribution in [3.05, 3.63) is 89.5 Å². The number of pyridine rings is 1. The van der Waals surface area contributed by atoms with E-state index in [9.17, 15) is 4.79 Å². The molecule has 0 aliphatic carbocycles. The van der Waals surface area contributed by atoms with E-state index in [0.29, 0.717) is 30.0 Å². The first kappa shape index (κ1) is 25.9. The highest BCUT2D eigenvalue weighted by molar-refractivity contribution is 5.86. The third kappa shape index (κ3) is 5.42. The van der Waals surface area contributed by atoms with Gasteiger partial charge in [0.15, 0.2) is 11.6 Å². The van der Waals surface area contributed by atoms with E-state index in [1.807, 2.05) is 36.2 Å². The number of piperazine rings is 1. The Bertz CT molecular complexity index is 1410. The number of rotatable bonds is 7. The van der Waals surface area contributed by atoms with Crippen LogP contribution in [0.2, 0.25) is 0 Å². The van der Waals surface area contributed by atoms with Gasteiger partial charge in [-0.05, 0) is 62.1 Å². The second-order valence-electron chi connectivity index (χ2n) is 10.3. The Morgan fingerprint density at radius 2 is 1.84 bits per heavy atom. The Labute approximate surface area is 222 Å². The van der Waals surface area contributed by atoms with E-state index >= 15 is 4.39 Å². The van der Waals surface area contributed by atoms with Gasteiger partial charge in [-0.25, -0.2) is 9.37 Å². The maximum absolute atomic E-state index is 15.0. The molecule has 3 N–H and O–H groups in total. The number of nitrogens with two attached hydrogens (primary N) is 1. The molecular formula is C30H34FN5O2. The van der Waals surface area contributed by atoms with Crippen LogP contribution < -0.4 is 10.5 Å². The molecule has 0 saturated carbocycles. The second-order valence-corrected chi connectivity index (χ2v) is 10.3. The Morgan fingerprint density at radius 3 is 2.55 bits per heavy atom. The molecule has 38 heavy (non-hydrogen) atoms. The number of ether oxygens (including phenoxy) is 1. The van der Waals surface area contributed by atoms with Crippen molar-refractivity contribution in [2.24, 2.45) is 5.73 Å². The predicted octanol–water partition coefficient (Wildman–Crippen LogP) is 4.79. The molecule has 0 spiro atoms. The minimum Gasteiger partial charge on any atom is -0.453 e. The van der Waals surface area contributed by atoms with Gasteiger partial charge in [-0.2, -0.15) is 0 Å². The van der Waals surface area contributed by atoms with Crippen LogP contribution in [0.4, 0.5) is 4.39 Å². The zero-order chi connectivity index (χ0) is 26.8. The highest BCUT2D eigenvalue weighted by atomic mass is 19.1. The van der Waals surface area contributed by atoms with Crippen LogP contribution in [0.25, 0.3) is 11.0 Å². The SMILES string of the molecule is Cc1c[nH]c2nccc(Oc3ccc(CC(N)C(=O)N4C[C@@H](C)N(Cc5ccccc5)[C@@H](C)C4)cc3F)c12. The average Bonchev–Trinajstić information content (AvgIpc) is 3.29. The molecule has 0 bridgehead atoms. The highest BCUT2D eigenvalue weighted by Gasteiger charge is 2.33. The van der Waals surface area contributed by atoms with Gasteiger partial charge in [0.2, 0.25) is 5.91 Å². The first-order chi connectivity index (χ1) is 18.3. The van der Waals surface area contributed by atoms with Crippen LogP contribution in [-0.4, -0.2) is 56.9 Å². The zero-order valence-electron chi connectivity index (χ0n) is 22.0. The van der Waals surface area contributed by atoms with Gasteiger partial charge < -0.3 is 20.4 Å². The van der Waals surface area contributed by atoms with E-state index in [4.69, 9.17) is 10.5 Å². The lowest BCUT2D eigenvalue weighted by atomic mass is 10.0. The van der Waals surface area contributed by atoms with Crippen molar-refractivity contribution in [3.63, 3.8) is 0 Å². The number of nitrogens with one attached hydrogen (secondary N) is 1. The largest absolute Gasteiger partial charge is 0.453 e. The number of carbonyl (C=O) groups is 1. The van der Waals surface area contributed by atoms with Crippen molar-refractivity contribution in [1.29, 1.82) is 0 Å². The molecule has 7 nitrogen and oxygen atoms in total. The second kappa shape index (κ2) is 10.9. The summed E-state index contributed by atoms with van der Waals surface area (Å²) >= 11 is 0. The molecular weight excluding hydrogens is 481 g/mol. The number of carbonyl (C=O) groups excluding carboxylic acids is 1. The van der Waals surface area contributed by atoms with Gasteiger partial charge in [0.05, 0.1) is 11.4 Å². The maximum atomic E-state index is 15.0. The quantitative estimate of drug-likeness (QED) is 0.369. The third-order valence-electron chi connectivity index (χ3n) is 7.34. The Balaban J connectivity index is 1.21. The van der Waals surface area contributed by atoms with Crippen molar-refractivity contribution in [3.8, 4) is 11.5 Å². The maximum Gasteiger partial charge on any atom is 0.239 e. The van der Waals surface area contributed by atoms with Crippen LogP contribution in [0.3, 0.4) is 0 Å². The van der Waals surface area contributed by atoms with E-state index in [2.05, 4.69) is 40.8 Å². The molecule has 1 aliphatic rings. The van der Waals surface area contributed by atoms with Crippen LogP contribution in [0.1, 0.15) is 30.5 Å². The number of hydrogen-bond acceptors (Lipinski definition) is 5. The summed E-state index contributed by atoms with van der Waals surface area (Å²) in [6.45, 7) is 8.30. The lowest BCUT2D eigenvalue weighted by Crippen LogP contribution is -2.60. The summed E-state index contributed by atoms with van der Waals surface area (Å²) in [4.78, 5) is 24.9. The molecule has 2 aromatic carbocycles. The van der Waals surface area contributed by atoms with Gasteiger partial charge in [0, 0.05) is 44.1 Å². The minimum absolute atomic E-state index is 0.106. The van der Waals surface area contributed by atoms with Crippen LogP contribution in [0, 0.1) is 12.7 Å². The smallest absolute Gasteiger partial charge is 0.239 e. The molecule has 5 rings (SSSR count). The number of hydrogen-bond donors (Lipinski definition) is 2. The molecule has 1 aliphatic heterocycles. The fourth-order valence-electron chi connectivity index (χ4n) is 5.36. The predicted molar refractivity (Wildman–Crippen MR) is 146 cm³/mol. The number of aromatic nitrogens is 2. The molecule has 1 amide bonds. The van der Waals surface area contributed by atoms with Gasteiger partial charge in [-0.15, -0.1) is 0 Å². The topological polar surface area (TPSA) is 87.5 Å². The molecule has 1 unspecified atom stereocenters. The fourth-order valence-corrected chi connectivity index (χ4v) is 5.36. The molecule has 2 aromatic heterocycles. The van der Waals surface area contributed by atoms with E-state index in [0.717, 1.165) is 17.5 Å². The van der Waals surface area contributed by atoms with Crippen molar-refractivity contribution in [2.75, 3.05) is 13.1 Å². The van der Waals surface area contributed by atoms with Crippen molar-refractivity contribution >= 4 is 16.9 Å². The van der Waals surface area contributed by atoms with E-state index < -0.39 is 11.9 Å². The monoisotopic (exact) mass is 515 g/mol. The Kier molecular flexibility index (Phi) is 7.44. The van der Waals surface area contributed by atoms with E-state index in [1.54, 1.807) is 24.4 Å². The standard InChI is InChI=1S/C30H34FN5O2/c1-19-15-34-29-28(19)27(11-12-33-29)38-26-10-9-23(13-24(26)31)14-25(32)30(37)35-16-20(2)36(21(3)17-35)18-22-7-5-4-6-8-22/h4-13,15,20-21,25H,14,16-18,32H2,1-3H3,(H,33,34)/t20-,21+,25?. The van der Waals surface area contributed by atoms with Gasteiger partial charge in [0.1, 0.15) is 11.4 Å². The molecule has 1 saturated heterocycles. The molecule has 3 atom stereocenters. The molecule has 0 radical (unpaired) electrons. The number of benzene rings is 2. The van der Waals surface area contributed by atoms with Gasteiger partial charge >= 0.3 is 0 Å². The van der Waals surface area contributed by atoms with Crippen LogP contribution >= 0.6 is 0 Å². The van der Waals surface area contributed by atoms with Crippen LogP contribution in [-0.2, 0) is 17.8 Å². The molecule has 1 fully saturated rings. The average molecular weight is 516 g/mol. The van der Waals surface area contributed by atoms with Crippen molar-refractivity contribution < 1.29 is 13.9 Å². The Morgan fingerprint density at radius 1 is 1.11 bits per heavy atom. The lowest BCUT2D eigenvalue weighted by Gasteiger charge is -2.45. The first-order valence-electron chi connectivity index (χ1n) is 13.0. The summed E-state index contributed by atoms with van der Waals surface area (Å²) in [6, 6.07) is 16.5. The van der Waals surface area contributed by atoms with E-state index in [-0.39, 0.29) is 30.2 Å². The Hall–Kier alpha value is -3.75. The zero-order valence-corrected chi connectivity index (χ0v) is 22.0. The molecule has 4 aromatic rings. The minimum atomic E-state index is -0.747. The molecule has 8 heteroatoms. The number of aryl methyl sites for hydroxylation is 1. The number of aromatic amines is 1. The van der Waals surface area contributed by atoms with Gasteiger partial charge in [-0.3, -0.25) is 9.69 Å². The van der Waals surface area contributed by atoms with Crippen molar-refractivity contribution in [1.82, 2.24) is 19.8 Å².